The highest BCUT2D eigenvalue weighted by atomic mass is 79.9. The Hall–Kier alpha value is -1.53. The van der Waals surface area contributed by atoms with Crippen LogP contribution in [0.25, 0.3) is 11.0 Å². The lowest BCUT2D eigenvalue weighted by Gasteiger charge is -2.17. The minimum Gasteiger partial charge on any atom is -0.378 e. The average Bonchev–Trinajstić information content (AvgIpc) is 2.80. The number of anilines is 1. The van der Waals surface area contributed by atoms with Crippen molar-refractivity contribution >= 4 is 48.6 Å². The van der Waals surface area contributed by atoms with Gasteiger partial charge in [0.05, 0.1) is 11.0 Å². The molecule has 6 heteroatoms. The Morgan fingerprint density at radius 1 is 1.05 bits per heavy atom. The minimum atomic E-state index is -0.182. The van der Waals surface area contributed by atoms with Crippen LogP contribution >= 0.6 is 31.9 Å². The number of nitrogens with one attached hydrogen (secondary N) is 3. The second-order valence-corrected chi connectivity index (χ2v) is 6.64. The van der Waals surface area contributed by atoms with Crippen molar-refractivity contribution in [1.82, 2.24) is 9.97 Å². The lowest BCUT2D eigenvalue weighted by molar-refractivity contribution is 0.885. The van der Waals surface area contributed by atoms with E-state index in [-0.39, 0.29) is 11.7 Å². The number of aromatic amines is 2. The van der Waals surface area contributed by atoms with Gasteiger partial charge in [-0.05, 0) is 58.7 Å². The highest BCUT2D eigenvalue weighted by Crippen LogP contribution is 2.29. The van der Waals surface area contributed by atoms with Gasteiger partial charge in [0.2, 0.25) is 0 Å². The normalized spacial score (nSPS) is 12.5. The van der Waals surface area contributed by atoms with E-state index in [4.69, 9.17) is 0 Å². The first kappa shape index (κ1) is 14.4. The molecule has 21 heavy (non-hydrogen) atoms. The molecular formula is C15H13Br2N3O. The van der Waals surface area contributed by atoms with Crippen LogP contribution in [0, 0.1) is 0 Å². The fourth-order valence-electron chi connectivity index (χ4n) is 2.24. The van der Waals surface area contributed by atoms with E-state index in [9.17, 15) is 4.79 Å². The summed E-state index contributed by atoms with van der Waals surface area (Å²) in [6, 6.07) is 12.0. The number of H-pyrrole nitrogens is 2. The molecule has 1 unspecified atom stereocenters. The van der Waals surface area contributed by atoms with Crippen molar-refractivity contribution < 1.29 is 0 Å². The van der Waals surface area contributed by atoms with Gasteiger partial charge in [-0.1, -0.05) is 22.0 Å². The zero-order valence-corrected chi connectivity index (χ0v) is 14.4. The number of aromatic nitrogens is 2. The van der Waals surface area contributed by atoms with E-state index in [0.29, 0.717) is 0 Å². The summed E-state index contributed by atoms with van der Waals surface area (Å²) in [6.45, 7) is 2.08. The predicted octanol–water partition coefficient (Wildman–Crippen LogP) is 4.55. The van der Waals surface area contributed by atoms with Gasteiger partial charge in [-0.2, -0.15) is 0 Å². The van der Waals surface area contributed by atoms with E-state index in [1.165, 1.54) is 0 Å². The molecule has 0 bridgehead atoms. The van der Waals surface area contributed by atoms with Crippen LogP contribution in [0.2, 0.25) is 0 Å². The average molecular weight is 411 g/mol. The first-order valence-corrected chi connectivity index (χ1v) is 8.05. The van der Waals surface area contributed by atoms with Crippen molar-refractivity contribution in [3.8, 4) is 0 Å². The zero-order valence-electron chi connectivity index (χ0n) is 11.2. The van der Waals surface area contributed by atoms with E-state index >= 15 is 0 Å². The molecule has 1 aromatic heterocycles. The number of rotatable bonds is 3. The van der Waals surface area contributed by atoms with Crippen LogP contribution in [-0.4, -0.2) is 9.97 Å². The van der Waals surface area contributed by atoms with Gasteiger partial charge >= 0.3 is 5.69 Å². The smallest absolute Gasteiger partial charge is 0.323 e. The topological polar surface area (TPSA) is 60.7 Å². The summed E-state index contributed by atoms with van der Waals surface area (Å²) in [5, 5.41) is 3.46. The molecule has 0 fully saturated rings. The number of benzene rings is 2. The predicted molar refractivity (Wildman–Crippen MR) is 92.8 cm³/mol. The Balaban J connectivity index is 1.89. The summed E-state index contributed by atoms with van der Waals surface area (Å²) in [4.78, 5) is 16.8. The van der Waals surface area contributed by atoms with Crippen LogP contribution in [0.3, 0.4) is 0 Å². The molecule has 0 radical (unpaired) electrons. The van der Waals surface area contributed by atoms with E-state index in [0.717, 1.165) is 31.2 Å². The summed E-state index contributed by atoms with van der Waals surface area (Å²) in [7, 11) is 0. The second kappa shape index (κ2) is 5.69. The van der Waals surface area contributed by atoms with Gasteiger partial charge in [0.25, 0.3) is 0 Å². The van der Waals surface area contributed by atoms with Crippen molar-refractivity contribution in [2.24, 2.45) is 0 Å². The molecule has 0 aliphatic rings. The Morgan fingerprint density at radius 3 is 2.57 bits per heavy atom. The molecule has 3 N–H and O–H groups in total. The van der Waals surface area contributed by atoms with E-state index in [1.807, 2.05) is 36.4 Å². The molecule has 0 amide bonds. The van der Waals surface area contributed by atoms with Crippen LogP contribution in [0.5, 0.6) is 0 Å². The van der Waals surface area contributed by atoms with Gasteiger partial charge in [0.15, 0.2) is 0 Å². The van der Waals surface area contributed by atoms with Crippen molar-refractivity contribution in [1.29, 1.82) is 0 Å². The quantitative estimate of drug-likeness (QED) is 0.592. The maximum Gasteiger partial charge on any atom is 0.323 e. The van der Waals surface area contributed by atoms with Crippen LogP contribution in [-0.2, 0) is 0 Å². The van der Waals surface area contributed by atoms with Gasteiger partial charge in [-0.3, -0.25) is 0 Å². The summed E-state index contributed by atoms with van der Waals surface area (Å²) in [5.41, 5.74) is 3.58. The SMILES string of the molecule is CC(Nc1ccc(Br)cc1Br)c1ccc2[nH]c(=O)[nH]c2c1. The molecule has 0 aliphatic carbocycles. The fourth-order valence-corrected chi connectivity index (χ4v) is 3.40. The van der Waals surface area contributed by atoms with E-state index < -0.39 is 0 Å². The molecule has 0 saturated carbocycles. The number of hydrogen-bond donors (Lipinski definition) is 3. The molecule has 1 heterocycles. The molecule has 4 nitrogen and oxygen atoms in total. The van der Waals surface area contributed by atoms with Gasteiger partial charge in [0.1, 0.15) is 0 Å². The first-order chi connectivity index (χ1) is 10.0. The number of imidazole rings is 1. The Labute approximate surface area is 138 Å². The molecule has 0 saturated heterocycles. The van der Waals surface area contributed by atoms with Gasteiger partial charge in [-0.25, -0.2) is 4.79 Å². The highest BCUT2D eigenvalue weighted by Gasteiger charge is 2.09. The molecule has 2 aromatic carbocycles. The third kappa shape index (κ3) is 3.06. The molecular weight excluding hydrogens is 398 g/mol. The third-order valence-electron chi connectivity index (χ3n) is 3.34. The molecule has 108 valence electrons. The van der Waals surface area contributed by atoms with Crippen LogP contribution in [0.4, 0.5) is 5.69 Å². The number of halogens is 2. The Bertz CT molecular complexity index is 853. The largest absolute Gasteiger partial charge is 0.378 e. The summed E-state index contributed by atoms with van der Waals surface area (Å²) < 4.78 is 2.03. The first-order valence-electron chi connectivity index (χ1n) is 6.46. The molecule has 1 atom stereocenters. The van der Waals surface area contributed by atoms with E-state index in [2.05, 4.69) is 54.1 Å². The minimum absolute atomic E-state index is 0.116. The van der Waals surface area contributed by atoms with Crippen molar-refractivity contribution in [2.45, 2.75) is 13.0 Å². The van der Waals surface area contributed by atoms with Crippen molar-refractivity contribution in [3.63, 3.8) is 0 Å². The van der Waals surface area contributed by atoms with Crippen LogP contribution in [0.1, 0.15) is 18.5 Å². The lowest BCUT2D eigenvalue weighted by Crippen LogP contribution is -2.07. The maximum atomic E-state index is 11.3. The second-order valence-electron chi connectivity index (χ2n) is 4.87. The summed E-state index contributed by atoms with van der Waals surface area (Å²) >= 11 is 6.99. The van der Waals surface area contributed by atoms with Crippen molar-refractivity contribution in [2.75, 3.05) is 5.32 Å². The maximum absolute atomic E-state index is 11.3. The summed E-state index contributed by atoms with van der Waals surface area (Å²) in [5.74, 6) is 0. The van der Waals surface area contributed by atoms with Crippen LogP contribution in [0.15, 0.2) is 50.1 Å². The molecule has 3 rings (SSSR count). The fraction of sp³-hybridized carbons (Fsp3) is 0.133. The van der Waals surface area contributed by atoms with E-state index in [1.54, 1.807) is 0 Å². The van der Waals surface area contributed by atoms with Gasteiger partial charge in [-0.15, -0.1) is 0 Å². The van der Waals surface area contributed by atoms with Gasteiger partial charge < -0.3 is 15.3 Å². The number of fused-ring (bicyclic) bond motifs is 1. The Kier molecular flexibility index (Phi) is 3.91. The molecule has 0 spiro atoms. The zero-order chi connectivity index (χ0) is 15.0. The lowest BCUT2D eigenvalue weighted by atomic mass is 10.1. The highest BCUT2D eigenvalue weighted by molar-refractivity contribution is 9.11. The third-order valence-corrected chi connectivity index (χ3v) is 4.49. The monoisotopic (exact) mass is 409 g/mol. The number of hydrogen-bond acceptors (Lipinski definition) is 2. The van der Waals surface area contributed by atoms with Gasteiger partial charge in [0, 0.05) is 20.7 Å². The standard InChI is InChI=1S/C15H13Br2N3O/c1-8(18-12-5-3-10(16)7-11(12)17)9-2-4-13-14(6-9)20-15(21)19-13/h2-8,18H,1H3,(H2,19,20,21). The summed E-state index contributed by atoms with van der Waals surface area (Å²) in [6.07, 6.45) is 0. The molecule has 0 aliphatic heterocycles. The van der Waals surface area contributed by atoms with Crippen molar-refractivity contribution in [3.05, 3.63) is 61.4 Å². The molecule has 3 aromatic rings. The Morgan fingerprint density at radius 2 is 1.81 bits per heavy atom. The van der Waals surface area contributed by atoms with Crippen LogP contribution < -0.4 is 11.0 Å².